The molecule has 0 radical (unpaired) electrons. The number of aryl methyl sites for hydroxylation is 1. The van der Waals surface area contributed by atoms with Gasteiger partial charge in [0.05, 0.1) is 11.0 Å². The second-order valence-electron chi connectivity index (χ2n) is 19.7. The molecule has 1 aromatic rings. The summed E-state index contributed by atoms with van der Waals surface area (Å²) in [5.74, 6) is 2.65. The van der Waals surface area contributed by atoms with Gasteiger partial charge < -0.3 is 25.2 Å². The van der Waals surface area contributed by atoms with Crippen LogP contribution < -0.4 is 5.73 Å². The first-order valence-electron chi connectivity index (χ1n) is 22.4. The molecule has 13 aliphatic rings. The molecule has 8 nitrogen and oxygen atoms in total. The molecule has 1 saturated carbocycles. The van der Waals surface area contributed by atoms with E-state index in [1.807, 2.05) is 0 Å². The lowest BCUT2D eigenvalue weighted by molar-refractivity contribution is -0.278. The molecule has 9 aliphatic heterocycles. The van der Waals surface area contributed by atoms with Gasteiger partial charge in [0.2, 0.25) is 0 Å². The van der Waals surface area contributed by atoms with Crippen molar-refractivity contribution in [1.29, 1.82) is 0 Å². The fraction of sp³-hybridized carbons (Fsp3) is 0.702. The van der Waals surface area contributed by atoms with E-state index in [0.717, 1.165) is 82.1 Å². The zero-order valence-electron chi connectivity index (χ0n) is 33.3. The van der Waals surface area contributed by atoms with Crippen LogP contribution in [-0.2, 0) is 26.3 Å². The Morgan fingerprint density at radius 2 is 1.87 bits per heavy atom. The van der Waals surface area contributed by atoms with Gasteiger partial charge in [0.15, 0.2) is 11.4 Å². The van der Waals surface area contributed by atoms with E-state index in [4.69, 9.17) is 15.2 Å². The van der Waals surface area contributed by atoms with Crippen molar-refractivity contribution in [2.45, 2.75) is 135 Å². The second kappa shape index (κ2) is 12.2. The van der Waals surface area contributed by atoms with E-state index in [2.05, 4.69) is 48.8 Å². The molecule has 3 N–H and O–H groups in total. The number of hydrogen-bond donors (Lipinski definition) is 2. The summed E-state index contributed by atoms with van der Waals surface area (Å²) in [5.41, 5.74) is 11.7. The second-order valence-corrected chi connectivity index (χ2v) is 19.7. The molecule has 4 fully saturated rings. The third-order valence-corrected chi connectivity index (χ3v) is 17.5. The van der Waals surface area contributed by atoms with Gasteiger partial charge in [-0.15, -0.1) is 0 Å². The van der Waals surface area contributed by atoms with Gasteiger partial charge in [0.1, 0.15) is 11.2 Å². The number of piperidine rings is 2. The Kier molecular flexibility index (Phi) is 7.79. The fourth-order valence-electron chi connectivity index (χ4n) is 16.0. The molecule has 0 amide bonds. The number of benzene rings is 1. The van der Waals surface area contributed by atoms with Gasteiger partial charge in [-0.05, 0) is 113 Å². The normalized spacial score (nSPS) is 43.1. The molecule has 3 saturated heterocycles. The Hall–Kier alpha value is -3.10. The fourth-order valence-corrected chi connectivity index (χ4v) is 16.0. The Morgan fingerprint density at radius 3 is 2.69 bits per heavy atom. The summed E-state index contributed by atoms with van der Waals surface area (Å²) in [6.45, 7) is 10.8. The van der Waals surface area contributed by atoms with E-state index in [1.54, 1.807) is 11.3 Å². The van der Waals surface area contributed by atoms with Crippen LogP contribution in [0.1, 0.15) is 132 Å². The minimum absolute atomic E-state index is 0.157. The van der Waals surface area contributed by atoms with E-state index in [9.17, 15) is 9.90 Å². The first kappa shape index (κ1) is 35.1. The number of nitrogens with zero attached hydrogens (tertiary/aromatic N) is 2. The minimum Gasteiger partial charge on any atom is -0.509 e. The number of hydrogen-bond acceptors (Lipinski definition) is 8. The van der Waals surface area contributed by atoms with Crippen LogP contribution >= 0.6 is 0 Å². The number of esters is 2. The number of allylic oxidation sites excluding steroid dienone is 2. The summed E-state index contributed by atoms with van der Waals surface area (Å²) in [6, 6.07) is 6.96. The minimum atomic E-state index is -1.09. The first-order chi connectivity index (χ1) is 26.7. The third-order valence-electron chi connectivity index (χ3n) is 17.5. The van der Waals surface area contributed by atoms with Crippen LogP contribution in [-0.4, -0.2) is 65.1 Å². The maximum atomic E-state index is 15.5. The standard InChI is InChI=1S/C47H61N3O5/c1-4-8-31-22-37(51)42-45-18-17-33-34(15-14-32-26(3)20-29-13-16-36-30-21-27(23-49(31)25-30)24-50(36)41(29)40(32)33)46(45,44(53)54-42)38(9-5-2)47(45)35-12-6-10-28(11-7-19-48)39(35)43(52)55-47/h6,10,12,26-27,30-32,36,38,40,51H,4-5,7-9,11,13-25,48H2,1-3H3. The molecule has 9 heterocycles. The third kappa shape index (κ3) is 4.12. The Bertz CT molecular complexity index is 1970. The van der Waals surface area contributed by atoms with E-state index >= 15 is 4.79 Å². The van der Waals surface area contributed by atoms with Crippen LogP contribution in [0.3, 0.4) is 0 Å². The van der Waals surface area contributed by atoms with Crippen molar-refractivity contribution < 1.29 is 24.2 Å². The van der Waals surface area contributed by atoms with Crippen molar-refractivity contribution in [3.63, 3.8) is 0 Å². The number of aliphatic hydroxyl groups is 1. The molecule has 4 aliphatic carbocycles. The molecule has 294 valence electrons. The number of nitrogens with two attached hydrogens (primary N) is 1. The molecule has 14 rings (SSSR count). The quantitative estimate of drug-likeness (QED) is 0.213. The molecule has 55 heavy (non-hydrogen) atoms. The molecule has 2 spiro atoms. The van der Waals surface area contributed by atoms with Crippen molar-refractivity contribution in [3.8, 4) is 0 Å². The summed E-state index contributed by atoms with van der Waals surface area (Å²) < 4.78 is 13.8. The van der Waals surface area contributed by atoms with Gasteiger partial charge >= 0.3 is 11.9 Å². The summed E-state index contributed by atoms with van der Waals surface area (Å²) in [7, 11) is 0. The van der Waals surface area contributed by atoms with Crippen molar-refractivity contribution in [2.75, 3.05) is 26.2 Å². The van der Waals surface area contributed by atoms with E-state index < -0.39 is 16.4 Å². The highest BCUT2D eigenvalue weighted by Crippen LogP contribution is 2.87. The lowest BCUT2D eigenvalue weighted by Crippen LogP contribution is -2.77. The van der Waals surface area contributed by atoms with Crippen LogP contribution in [0.5, 0.6) is 0 Å². The maximum absolute atomic E-state index is 15.5. The van der Waals surface area contributed by atoms with Gasteiger partial charge in [-0.3, -0.25) is 9.69 Å². The van der Waals surface area contributed by atoms with Crippen molar-refractivity contribution in [1.82, 2.24) is 9.80 Å². The van der Waals surface area contributed by atoms with Gasteiger partial charge in [-0.1, -0.05) is 68.5 Å². The first-order valence-corrected chi connectivity index (χ1v) is 22.4. The monoisotopic (exact) mass is 747 g/mol. The number of rotatable bonds is 7. The highest BCUT2D eigenvalue weighted by molar-refractivity contribution is 6.00. The molecule has 8 heteroatoms. The number of fused-ring (bicyclic) bond motifs is 2. The molecular formula is C47H61N3O5. The summed E-state index contributed by atoms with van der Waals surface area (Å²) in [4.78, 5) is 35.7. The van der Waals surface area contributed by atoms with Crippen LogP contribution in [0.2, 0.25) is 0 Å². The Balaban J connectivity index is 1.20. The molecule has 12 atom stereocenters. The SMILES string of the molecule is CCCC1CC(O)=C2OC(=O)C34C5=C(CCC23C2(OC(=O)c3c(CCCN)cccc32)C4CCC)C2C3=C(CCC4C6CC(CN1C6)CN34)CC(C)C2CC5. The van der Waals surface area contributed by atoms with Crippen molar-refractivity contribution >= 4 is 11.9 Å². The average molecular weight is 748 g/mol. The zero-order valence-corrected chi connectivity index (χ0v) is 33.3. The average Bonchev–Trinajstić information content (AvgIpc) is 3.64. The van der Waals surface area contributed by atoms with Crippen LogP contribution in [0.4, 0.5) is 0 Å². The highest BCUT2D eigenvalue weighted by Gasteiger charge is 2.93. The Labute approximate surface area is 326 Å². The molecular weight excluding hydrogens is 687 g/mol. The lowest BCUT2D eigenvalue weighted by atomic mass is 9.28. The summed E-state index contributed by atoms with van der Waals surface area (Å²) >= 11 is 0. The molecule has 1 aromatic carbocycles. The van der Waals surface area contributed by atoms with Gasteiger partial charge in [-0.2, -0.15) is 0 Å². The summed E-state index contributed by atoms with van der Waals surface area (Å²) in [5, 5.41) is 12.8. The number of carbonyl (C=O) groups excluding carboxylic acids is 2. The van der Waals surface area contributed by atoms with Gasteiger partial charge in [0, 0.05) is 61.2 Å². The molecule has 0 aromatic heterocycles. The smallest absolute Gasteiger partial charge is 0.339 e. The lowest BCUT2D eigenvalue weighted by Gasteiger charge is -2.71. The number of ether oxygens (including phenoxy) is 2. The predicted octanol–water partition coefficient (Wildman–Crippen LogP) is 8.07. The number of aliphatic hydroxyl groups excluding tert-OH is 1. The summed E-state index contributed by atoms with van der Waals surface area (Å²) in [6.07, 6.45) is 13.9. The molecule has 12 bridgehead atoms. The largest absolute Gasteiger partial charge is 0.509 e. The van der Waals surface area contributed by atoms with Crippen LogP contribution in [0, 0.1) is 46.3 Å². The maximum Gasteiger partial charge on any atom is 0.339 e. The molecule has 12 unspecified atom stereocenters. The van der Waals surface area contributed by atoms with Gasteiger partial charge in [-0.25, -0.2) is 4.79 Å². The van der Waals surface area contributed by atoms with E-state index in [1.165, 1.54) is 36.8 Å². The van der Waals surface area contributed by atoms with E-state index in [-0.39, 0.29) is 29.7 Å². The van der Waals surface area contributed by atoms with Crippen LogP contribution in [0.25, 0.3) is 0 Å². The van der Waals surface area contributed by atoms with Gasteiger partial charge in [0.25, 0.3) is 0 Å². The predicted molar refractivity (Wildman–Crippen MR) is 209 cm³/mol. The van der Waals surface area contributed by atoms with Crippen LogP contribution in [0.15, 0.2) is 52.1 Å². The topological polar surface area (TPSA) is 105 Å². The van der Waals surface area contributed by atoms with E-state index in [0.29, 0.717) is 72.8 Å². The zero-order chi connectivity index (χ0) is 37.6. The van der Waals surface area contributed by atoms with Crippen molar-refractivity contribution in [2.24, 2.45) is 52.1 Å². The number of carbonyl (C=O) groups is 2. The Morgan fingerprint density at radius 1 is 1.02 bits per heavy atom. The van der Waals surface area contributed by atoms with Crippen molar-refractivity contribution in [3.05, 3.63) is 68.8 Å². The highest BCUT2D eigenvalue weighted by atomic mass is 16.6.